The number of nitrogens with one attached hydrogen (secondary N) is 4. The lowest BCUT2D eigenvalue weighted by atomic mass is 9.79. The molecule has 0 radical (unpaired) electrons. The van der Waals surface area contributed by atoms with E-state index in [9.17, 15) is 24.0 Å². The summed E-state index contributed by atoms with van der Waals surface area (Å²) in [6.45, 7) is 11.5. The average molecular weight is 553 g/mol. The molecular weight excluding hydrogens is 520 g/mol. The van der Waals surface area contributed by atoms with E-state index in [0.29, 0.717) is 5.69 Å². The SMILES string of the molecule is CC(C)C1(CC(=O)NC(C)(C)C(=O)OC(C)(C)C)NC(=O)C(NC(=O)Nc2ccc(Br)cc2)C1=O. The number of urea groups is 1. The average Bonchev–Trinajstić information content (AvgIpc) is 2.93. The largest absolute Gasteiger partial charge is 0.458 e. The lowest BCUT2D eigenvalue weighted by Crippen LogP contribution is -2.58. The molecule has 1 heterocycles. The molecule has 1 saturated heterocycles. The molecule has 1 aromatic carbocycles. The maximum atomic E-state index is 13.3. The van der Waals surface area contributed by atoms with Crippen molar-refractivity contribution in [3.63, 3.8) is 0 Å². The maximum absolute atomic E-state index is 13.3. The van der Waals surface area contributed by atoms with Crippen molar-refractivity contribution in [1.29, 1.82) is 0 Å². The van der Waals surface area contributed by atoms with E-state index in [1.165, 1.54) is 13.8 Å². The highest BCUT2D eigenvalue weighted by Crippen LogP contribution is 2.30. The number of carbonyl (C=O) groups is 5. The number of ketones is 1. The first-order chi connectivity index (χ1) is 16.0. The molecule has 1 aliphatic rings. The minimum atomic E-state index is -1.55. The summed E-state index contributed by atoms with van der Waals surface area (Å²) in [5, 5.41) is 10.2. The number of esters is 1. The number of anilines is 1. The van der Waals surface area contributed by atoms with Crippen LogP contribution < -0.4 is 21.3 Å². The zero-order chi connectivity index (χ0) is 26.8. The zero-order valence-electron chi connectivity index (χ0n) is 21.0. The van der Waals surface area contributed by atoms with Crippen LogP contribution >= 0.6 is 15.9 Å². The monoisotopic (exact) mass is 552 g/mol. The van der Waals surface area contributed by atoms with Crippen molar-refractivity contribution in [3.05, 3.63) is 28.7 Å². The summed E-state index contributed by atoms with van der Waals surface area (Å²) < 4.78 is 6.18. The molecule has 4 amide bonds. The molecule has 4 N–H and O–H groups in total. The number of rotatable bonds is 7. The quantitative estimate of drug-likeness (QED) is 0.302. The van der Waals surface area contributed by atoms with E-state index < -0.39 is 64.7 Å². The van der Waals surface area contributed by atoms with Crippen molar-refractivity contribution in [3.8, 4) is 0 Å². The van der Waals surface area contributed by atoms with Crippen LogP contribution in [0.2, 0.25) is 0 Å². The van der Waals surface area contributed by atoms with Gasteiger partial charge in [-0.25, -0.2) is 9.59 Å². The first kappa shape index (κ1) is 28.3. The first-order valence-electron chi connectivity index (χ1n) is 11.2. The molecule has 1 aliphatic heterocycles. The van der Waals surface area contributed by atoms with E-state index in [4.69, 9.17) is 4.74 Å². The van der Waals surface area contributed by atoms with Crippen molar-refractivity contribution < 1.29 is 28.7 Å². The second kappa shape index (κ2) is 10.3. The Bertz CT molecular complexity index is 1020. The number of benzene rings is 1. The Morgan fingerprint density at radius 2 is 1.66 bits per heavy atom. The minimum Gasteiger partial charge on any atom is -0.458 e. The Kier molecular flexibility index (Phi) is 8.36. The third-order valence-corrected chi connectivity index (χ3v) is 6.00. The first-order valence-corrected chi connectivity index (χ1v) is 12.0. The van der Waals surface area contributed by atoms with Crippen LogP contribution in [0.5, 0.6) is 0 Å². The number of Topliss-reactive ketones (excluding diaryl/α,β-unsaturated/α-hetero) is 1. The van der Waals surface area contributed by atoms with Crippen LogP contribution in [0.15, 0.2) is 28.7 Å². The summed E-state index contributed by atoms with van der Waals surface area (Å²) in [7, 11) is 0. The maximum Gasteiger partial charge on any atom is 0.331 e. The van der Waals surface area contributed by atoms with Gasteiger partial charge in [0.05, 0.1) is 6.42 Å². The summed E-state index contributed by atoms with van der Waals surface area (Å²) in [6, 6.07) is 4.54. The predicted octanol–water partition coefficient (Wildman–Crippen LogP) is 2.66. The van der Waals surface area contributed by atoms with E-state index in [1.54, 1.807) is 58.9 Å². The standard InChI is InChI=1S/C24H33BrN4O6/c1-13(2)24(12-16(30)28-23(6,7)20(33)35-22(3,4)5)18(31)17(19(32)29-24)27-21(34)26-15-10-8-14(25)9-11-15/h8-11,13,17H,12H2,1-7H3,(H,28,30)(H,29,32)(H2,26,27,34). The van der Waals surface area contributed by atoms with Gasteiger partial charge in [-0.1, -0.05) is 29.8 Å². The van der Waals surface area contributed by atoms with Crippen LogP contribution in [0.1, 0.15) is 54.9 Å². The topological polar surface area (TPSA) is 143 Å². The predicted molar refractivity (Wildman–Crippen MR) is 133 cm³/mol. The summed E-state index contributed by atoms with van der Waals surface area (Å²) in [6.07, 6.45) is -0.409. The van der Waals surface area contributed by atoms with Crippen LogP contribution in [0.3, 0.4) is 0 Å². The number of halogens is 1. The van der Waals surface area contributed by atoms with Crippen LogP contribution in [0.4, 0.5) is 10.5 Å². The molecule has 10 nitrogen and oxygen atoms in total. The second-order valence-electron chi connectivity index (χ2n) is 10.4. The van der Waals surface area contributed by atoms with Gasteiger partial charge in [-0.15, -0.1) is 0 Å². The van der Waals surface area contributed by atoms with Gasteiger partial charge in [0.25, 0.3) is 5.91 Å². The summed E-state index contributed by atoms with van der Waals surface area (Å²) in [4.78, 5) is 63.9. The number of carbonyl (C=O) groups excluding carboxylic acids is 5. The highest BCUT2D eigenvalue weighted by Gasteiger charge is 2.56. The highest BCUT2D eigenvalue weighted by atomic mass is 79.9. The van der Waals surface area contributed by atoms with Crippen LogP contribution in [0.25, 0.3) is 0 Å². The molecule has 2 atom stereocenters. The van der Waals surface area contributed by atoms with Crippen molar-refractivity contribution >= 4 is 51.2 Å². The van der Waals surface area contributed by atoms with Crippen molar-refractivity contribution in [2.45, 2.75) is 77.6 Å². The Balaban J connectivity index is 2.13. The number of amides is 4. The zero-order valence-corrected chi connectivity index (χ0v) is 22.6. The lowest BCUT2D eigenvalue weighted by molar-refractivity contribution is -0.163. The molecule has 35 heavy (non-hydrogen) atoms. The molecule has 0 aliphatic carbocycles. The molecule has 192 valence electrons. The second-order valence-corrected chi connectivity index (χ2v) is 11.3. The fraction of sp³-hybridized carbons (Fsp3) is 0.542. The van der Waals surface area contributed by atoms with Gasteiger partial charge in [-0.3, -0.25) is 14.4 Å². The molecule has 0 aromatic heterocycles. The smallest absolute Gasteiger partial charge is 0.331 e. The fourth-order valence-electron chi connectivity index (χ4n) is 3.56. The van der Waals surface area contributed by atoms with Gasteiger partial charge in [-0.05, 0) is 64.8 Å². The summed E-state index contributed by atoms with van der Waals surface area (Å²) in [5.74, 6) is -3.08. The molecule has 11 heteroatoms. The number of ether oxygens (including phenoxy) is 1. The minimum absolute atomic E-state index is 0.409. The van der Waals surface area contributed by atoms with Gasteiger partial charge >= 0.3 is 12.0 Å². The van der Waals surface area contributed by atoms with Gasteiger partial charge in [0.15, 0.2) is 11.8 Å². The Morgan fingerprint density at radius 1 is 1.09 bits per heavy atom. The molecule has 2 rings (SSSR count). The van der Waals surface area contributed by atoms with E-state index in [-0.39, 0.29) is 0 Å². The van der Waals surface area contributed by atoms with Gasteiger partial charge in [0.2, 0.25) is 5.91 Å². The molecule has 0 bridgehead atoms. The van der Waals surface area contributed by atoms with Crippen LogP contribution in [-0.2, 0) is 23.9 Å². The third kappa shape index (κ3) is 7.03. The fourth-order valence-corrected chi connectivity index (χ4v) is 3.82. The van der Waals surface area contributed by atoms with Crippen LogP contribution in [-0.4, -0.2) is 52.3 Å². The lowest BCUT2D eigenvalue weighted by Gasteiger charge is -2.33. The van der Waals surface area contributed by atoms with Gasteiger partial charge in [0, 0.05) is 10.2 Å². The normalized spacial score (nSPS) is 20.3. The van der Waals surface area contributed by atoms with Gasteiger partial charge < -0.3 is 26.0 Å². The summed E-state index contributed by atoms with van der Waals surface area (Å²) >= 11 is 3.30. The molecule has 0 saturated carbocycles. The van der Waals surface area contributed by atoms with Gasteiger partial charge in [-0.2, -0.15) is 0 Å². The Morgan fingerprint density at radius 3 is 2.17 bits per heavy atom. The van der Waals surface area contributed by atoms with Crippen LogP contribution in [0, 0.1) is 5.92 Å². The Hall–Kier alpha value is -2.95. The van der Waals surface area contributed by atoms with E-state index in [1.807, 2.05) is 0 Å². The molecule has 0 spiro atoms. The molecular formula is C24H33BrN4O6. The van der Waals surface area contributed by atoms with Crippen molar-refractivity contribution in [2.24, 2.45) is 5.92 Å². The molecule has 1 fully saturated rings. The van der Waals surface area contributed by atoms with E-state index in [2.05, 4.69) is 37.2 Å². The molecule has 1 aromatic rings. The Labute approximate surface area is 213 Å². The van der Waals surface area contributed by atoms with Crippen molar-refractivity contribution in [1.82, 2.24) is 16.0 Å². The van der Waals surface area contributed by atoms with E-state index in [0.717, 1.165) is 4.47 Å². The van der Waals surface area contributed by atoms with Crippen molar-refractivity contribution in [2.75, 3.05) is 5.32 Å². The highest BCUT2D eigenvalue weighted by molar-refractivity contribution is 9.10. The molecule has 2 unspecified atom stereocenters. The number of hydrogen-bond acceptors (Lipinski definition) is 6. The number of hydrogen-bond donors (Lipinski definition) is 4. The summed E-state index contributed by atoms with van der Waals surface area (Å²) in [5.41, 5.74) is -3.20. The third-order valence-electron chi connectivity index (χ3n) is 5.47. The van der Waals surface area contributed by atoms with Gasteiger partial charge in [0.1, 0.15) is 16.7 Å². The van der Waals surface area contributed by atoms with E-state index >= 15 is 0 Å².